The number of sulfonamides is 1. The molecular formula is C24H27N7O5S. The Morgan fingerprint density at radius 3 is 2.54 bits per heavy atom. The fraction of sp³-hybridized carbons (Fsp3) is 0.292. The number of H-pyrrole nitrogens is 1. The maximum Gasteiger partial charge on any atom is 0.276 e. The largest absolute Gasteiger partial charge is 0.372 e. The third-order valence-corrected chi connectivity index (χ3v) is 7.36. The lowest BCUT2D eigenvalue weighted by Gasteiger charge is -2.33. The van der Waals surface area contributed by atoms with Gasteiger partial charge in [0.1, 0.15) is 5.82 Å². The van der Waals surface area contributed by atoms with Gasteiger partial charge in [-0.15, -0.1) is 0 Å². The van der Waals surface area contributed by atoms with Crippen molar-refractivity contribution in [3.8, 4) is 11.3 Å². The molecule has 1 aliphatic rings. The molecule has 4 rings (SSSR count). The van der Waals surface area contributed by atoms with Gasteiger partial charge in [0.05, 0.1) is 34.8 Å². The van der Waals surface area contributed by atoms with Gasteiger partial charge in [0.25, 0.3) is 11.2 Å². The van der Waals surface area contributed by atoms with Crippen LogP contribution in [0.15, 0.2) is 47.7 Å². The molecular weight excluding hydrogens is 498 g/mol. The number of nitrogens with one attached hydrogen (secondary N) is 2. The minimum Gasteiger partial charge on any atom is -0.372 e. The number of nitrogens with zero attached hydrogens (tertiary/aromatic N) is 5. The maximum atomic E-state index is 12.5. The molecule has 3 aromatic rings. The lowest BCUT2D eigenvalue weighted by molar-refractivity contribution is -0.385. The molecule has 1 aromatic carbocycles. The highest BCUT2D eigenvalue weighted by Crippen LogP contribution is 2.24. The lowest BCUT2D eigenvalue weighted by atomic mass is 10.1. The molecule has 0 atom stereocenters. The van der Waals surface area contributed by atoms with Crippen molar-refractivity contribution in [2.24, 2.45) is 0 Å². The van der Waals surface area contributed by atoms with Gasteiger partial charge in [-0.25, -0.2) is 13.4 Å². The van der Waals surface area contributed by atoms with E-state index in [-0.39, 0.29) is 11.2 Å². The molecule has 13 heteroatoms. The van der Waals surface area contributed by atoms with E-state index < -0.39 is 14.9 Å². The van der Waals surface area contributed by atoms with E-state index in [1.54, 1.807) is 43.7 Å². The maximum absolute atomic E-state index is 12.5. The van der Waals surface area contributed by atoms with Gasteiger partial charge in [0.2, 0.25) is 10.0 Å². The highest BCUT2D eigenvalue weighted by molar-refractivity contribution is 7.88. The number of rotatable bonds is 8. The highest BCUT2D eigenvalue weighted by atomic mass is 32.2. The number of piperazine rings is 1. The molecule has 12 nitrogen and oxygen atoms in total. The zero-order valence-electron chi connectivity index (χ0n) is 20.4. The van der Waals surface area contributed by atoms with Gasteiger partial charge < -0.3 is 10.3 Å². The summed E-state index contributed by atoms with van der Waals surface area (Å²) < 4.78 is 24.9. The van der Waals surface area contributed by atoms with Crippen molar-refractivity contribution < 1.29 is 13.3 Å². The summed E-state index contributed by atoms with van der Waals surface area (Å²) in [5, 5.41) is 14.6. The molecule has 1 fully saturated rings. The van der Waals surface area contributed by atoms with Crippen molar-refractivity contribution in [3.63, 3.8) is 0 Å². The first kappa shape index (κ1) is 26.1. The standard InChI is InChI=1S/C24H27N7O5S/c1-25-23-15-26-14-21(28-23)20-12-19(24(32)27-13-20)5-4-18-11-17(3-6-22(18)31(33)34)16-29-7-9-30(10-8-29)37(2,35)36/h3-6,11-15H,7-10,16H2,1-2H3,(H,25,28)(H,27,32). The average Bonchev–Trinajstić information content (AvgIpc) is 2.88. The summed E-state index contributed by atoms with van der Waals surface area (Å²) in [4.78, 5) is 37.0. The molecule has 0 amide bonds. The van der Waals surface area contributed by atoms with Crippen LogP contribution < -0.4 is 10.9 Å². The molecule has 0 saturated carbocycles. The Hall–Kier alpha value is -3.94. The van der Waals surface area contributed by atoms with Gasteiger partial charge in [-0.2, -0.15) is 4.31 Å². The Labute approximate surface area is 213 Å². The number of aromatic amines is 1. The molecule has 37 heavy (non-hydrogen) atoms. The van der Waals surface area contributed by atoms with Crippen LogP contribution in [0, 0.1) is 10.1 Å². The summed E-state index contributed by atoms with van der Waals surface area (Å²) in [6.45, 7) is 2.45. The van der Waals surface area contributed by atoms with Gasteiger partial charge >= 0.3 is 0 Å². The number of aromatic nitrogens is 3. The van der Waals surface area contributed by atoms with Gasteiger partial charge in [0.15, 0.2) is 0 Å². The van der Waals surface area contributed by atoms with Crippen LogP contribution in [0.5, 0.6) is 0 Å². The number of pyridine rings is 1. The number of nitro groups is 1. The Morgan fingerprint density at radius 2 is 1.86 bits per heavy atom. The summed E-state index contributed by atoms with van der Waals surface area (Å²) in [5.41, 5.74) is 2.29. The molecule has 3 heterocycles. The zero-order chi connectivity index (χ0) is 26.6. The Balaban J connectivity index is 1.57. The van der Waals surface area contributed by atoms with Crippen LogP contribution in [0.3, 0.4) is 0 Å². The third-order valence-electron chi connectivity index (χ3n) is 6.06. The normalized spacial score (nSPS) is 15.2. The van der Waals surface area contributed by atoms with Crippen molar-refractivity contribution in [1.29, 1.82) is 0 Å². The molecule has 0 unspecified atom stereocenters. The van der Waals surface area contributed by atoms with Crippen molar-refractivity contribution in [2.45, 2.75) is 6.54 Å². The zero-order valence-corrected chi connectivity index (χ0v) is 21.2. The first-order valence-electron chi connectivity index (χ1n) is 11.5. The minimum atomic E-state index is -3.22. The fourth-order valence-corrected chi connectivity index (χ4v) is 4.88. The van der Waals surface area contributed by atoms with Crippen LogP contribution in [-0.4, -0.2) is 77.0 Å². The number of hydrogen-bond acceptors (Lipinski definition) is 9. The molecule has 2 aromatic heterocycles. The topological polar surface area (TPSA) is 154 Å². The summed E-state index contributed by atoms with van der Waals surface area (Å²) in [7, 11) is -1.49. The van der Waals surface area contributed by atoms with Crippen LogP contribution in [-0.2, 0) is 16.6 Å². The first-order chi connectivity index (χ1) is 17.6. The number of anilines is 1. The Morgan fingerprint density at radius 1 is 1.14 bits per heavy atom. The van der Waals surface area contributed by atoms with E-state index in [2.05, 4.69) is 25.2 Å². The smallest absolute Gasteiger partial charge is 0.276 e. The molecule has 2 N–H and O–H groups in total. The van der Waals surface area contributed by atoms with Crippen molar-refractivity contribution in [3.05, 3.63) is 80.0 Å². The molecule has 1 saturated heterocycles. The molecule has 0 radical (unpaired) electrons. The monoisotopic (exact) mass is 525 g/mol. The molecule has 0 aliphatic carbocycles. The van der Waals surface area contributed by atoms with Gasteiger partial charge in [0, 0.05) is 63.2 Å². The quantitative estimate of drug-likeness (QED) is 0.332. The van der Waals surface area contributed by atoms with E-state index in [9.17, 15) is 23.3 Å². The summed E-state index contributed by atoms with van der Waals surface area (Å²) in [6, 6.07) is 6.51. The van der Waals surface area contributed by atoms with Gasteiger partial charge in [-0.3, -0.25) is 24.8 Å². The van der Waals surface area contributed by atoms with E-state index >= 15 is 0 Å². The van der Waals surface area contributed by atoms with E-state index in [1.807, 2.05) is 0 Å². The predicted octanol–water partition coefficient (Wildman–Crippen LogP) is 2.03. The van der Waals surface area contributed by atoms with E-state index in [0.717, 1.165) is 5.56 Å². The third kappa shape index (κ3) is 6.44. The average molecular weight is 526 g/mol. The second-order valence-corrected chi connectivity index (χ2v) is 10.6. The second-order valence-electron chi connectivity index (χ2n) is 8.63. The summed E-state index contributed by atoms with van der Waals surface area (Å²) in [5.74, 6) is 0.575. The Kier molecular flexibility index (Phi) is 7.76. The SMILES string of the molecule is CNc1cncc(-c2c[nH]c(=O)c(C=Cc3cc(CN4CCN(S(C)(=O)=O)CC4)ccc3[N+](=O)[O-])c2)n1. The summed E-state index contributed by atoms with van der Waals surface area (Å²) in [6.07, 6.45) is 8.97. The van der Waals surface area contributed by atoms with Crippen LogP contribution in [0.4, 0.5) is 11.5 Å². The van der Waals surface area contributed by atoms with E-state index in [0.29, 0.717) is 60.9 Å². The van der Waals surface area contributed by atoms with Gasteiger partial charge in [-0.05, 0) is 29.8 Å². The van der Waals surface area contributed by atoms with E-state index in [1.165, 1.54) is 28.9 Å². The van der Waals surface area contributed by atoms with Crippen molar-refractivity contribution >= 4 is 33.7 Å². The fourth-order valence-electron chi connectivity index (χ4n) is 4.06. The Bertz CT molecular complexity index is 1500. The minimum absolute atomic E-state index is 0.0814. The van der Waals surface area contributed by atoms with Gasteiger partial charge in [-0.1, -0.05) is 6.07 Å². The molecule has 1 aliphatic heterocycles. The summed E-state index contributed by atoms with van der Waals surface area (Å²) >= 11 is 0. The highest BCUT2D eigenvalue weighted by Gasteiger charge is 2.23. The van der Waals surface area contributed by atoms with Crippen molar-refractivity contribution in [1.82, 2.24) is 24.2 Å². The molecule has 194 valence electrons. The van der Waals surface area contributed by atoms with Crippen LogP contribution in [0.25, 0.3) is 23.4 Å². The van der Waals surface area contributed by atoms with Crippen LogP contribution in [0.2, 0.25) is 0 Å². The molecule has 0 spiro atoms. The number of nitro benzene ring substituents is 1. The predicted molar refractivity (Wildman–Crippen MR) is 141 cm³/mol. The van der Waals surface area contributed by atoms with Crippen LogP contribution in [0.1, 0.15) is 16.7 Å². The number of benzene rings is 1. The lowest BCUT2D eigenvalue weighted by Crippen LogP contribution is -2.47. The number of hydrogen-bond donors (Lipinski definition) is 2. The molecule has 0 bridgehead atoms. The van der Waals surface area contributed by atoms with Crippen molar-refractivity contribution in [2.75, 3.05) is 44.8 Å². The second kappa shape index (κ2) is 11.0. The van der Waals surface area contributed by atoms with Crippen LogP contribution >= 0.6 is 0 Å². The first-order valence-corrected chi connectivity index (χ1v) is 13.3. The van der Waals surface area contributed by atoms with E-state index in [4.69, 9.17) is 0 Å².